The maximum absolute atomic E-state index is 12.1. The molecule has 0 aromatic heterocycles. The zero-order valence-corrected chi connectivity index (χ0v) is 12.2. The third-order valence-corrected chi connectivity index (χ3v) is 3.61. The van der Waals surface area contributed by atoms with E-state index < -0.39 is 12.0 Å². The molecule has 6 nitrogen and oxygen atoms in total. The van der Waals surface area contributed by atoms with Crippen molar-refractivity contribution in [1.29, 1.82) is 0 Å². The average Bonchev–Trinajstić information content (AvgIpc) is 2.42. The fourth-order valence-electron chi connectivity index (χ4n) is 2.39. The normalized spacial score (nSPS) is 22.4. The topological polar surface area (TPSA) is 86.7 Å². The first-order valence-electron chi connectivity index (χ1n) is 7.24. The van der Waals surface area contributed by atoms with Crippen molar-refractivity contribution in [2.75, 3.05) is 13.1 Å². The lowest BCUT2D eigenvalue weighted by atomic mass is 9.92. The van der Waals surface area contributed by atoms with Crippen LogP contribution in [0.25, 0.3) is 0 Å². The zero-order valence-electron chi connectivity index (χ0n) is 12.2. The lowest BCUT2D eigenvalue weighted by molar-refractivity contribution is -0.153. The second-order valence-electron chi connectivity index (χ2n) is 5.42. The molecule has 2 amide bonds. The Labute approximate surface area is 119 Å². The van der Waals surface area contributed by atoms with Gasteiger partial charge in [-0.25, -0.2) is 4.79 Å². The number of rotatable bonds is 6. The Morgan fingerprint density at radius 2 is 2.00 bits per heavy atom. The number of carbonyl (C=O) groups excluding carboxylic acids is 2. The van der Waals surface area contributed by atoms with Crippen LogP contribution >= 0.6 is 0 Å². The molecule has 0 aliphatic carbocycles. The Bertz CT molecular complexity index is 370. The number of carboxylic acids is 1. The van der Waals surface area contributed by atoms with Crippen molar-refractivity contribution in [1.82, 2.24) is 10.2 Å². The van der Waals surface area contributed by atoms with Gasteiger partial charge in [0, 0.05) is 25.9 Å². The highest BCUT2D eigenvalue weighted by Crippen LogP contribution is 2.23. The van der Waals surface area contributed by atoms with Gasteiger partial charge in [0.1, 0.15) is 6.04 Å². The number of likely N-dealkylation sites (tertiary alicyclic amines) is 1. The van der Waals surface area contributed by atoms with E-state index in [2.05, 4.69) is 5.32 Å². The Morgan fingerprint density at radius 3 is 2.60 bits per heavy atom. The Hall–Kier alpha value is -1.59. The molecule has 0 spiro atoms. The number of carboxylic acid groups (broad SMARTS) is 1. The van der Waals surface area contributed by atoms with E-state index in [-0.39, 0.29) is 24.7 Å². The molecule has 1 aliphatic rings. The van der Waals surface area contributed by atoms with Gasteiger partial charge in [-0.2, -0.15) is 0 Å². The predicted molar refractivity (Wildman–Crippen MR) is 74.1 cm³/mol. The van der Waals surface area contributed by atoms with Crippen molar-refractivity contribution in [2.24, 2.45) is 5.92 Å². The number of hydrogen-bond donors (Lipinski definition) is 2. The minimum absolute atomic E-state index is 0.0771. The van der Waals surface area contributed by atoms with E-state index >= 15 is 0 Å². The summed E-state index contributed by atoms with van der Waals surface area (Å²) in [6.07, 6.45) is 2.36. The molecule has 2 N–H and O–H groups in total. The molecule has 114 valence electrons. The van der Waals surface area contributed by atoms with Gasteiger partial charge in [0.05, 0.1) is 0 Å². The van der Waals surface area contributed by atoms with Gasteiger partial charge < -0.3 is 15.3 Å². The second kappa shape index (κ2) is 7.87. The van der Waals surface area contributed by atoms with Gasteiger partial charge in [0.2, 0.25) is 11.8 Å². The molecule has 2 atom stereocenters. The summed E-state index contributed by atoms with van der Waals surface area (Å²) >= 11 is 0. The SMILES string of the molecule is CCCNC(=O)CCC(=O)N1CCC(C)CC1C(=O)O. The number of nitrogens with zero attached hydrogens (tertiary/aromatic N) is 1. The smallest absolute Gasteiger partial charge is 0.326 e. The quantitative estimate of drug-likeness (QED) is 0.762. The first kappa shape index (κ1) is 16.5. The Balaban J connectivity index is 2.48. The summed E-state index contributed by atoms with van der Waals surface area (Å²) in [5.41, 5.74) is 0. The summed E-state index contributed by atoms with van der Waals surface area (Å²) < 4.78 is 0. The van der Waals surface area contributed by atoms with Crippen molar-refractivity contribution >= 4 is 17.8 Å². The van der Waals surface area contributed by atoms with E-state index in [9.17, 15) is 19.5 Å². The van der Waals surface area contributed by atoms with E-state index in [1.165, 1.54) is 4.90 Å². The highest BCUT2D eigenvalue weighted by atomic mass is 16.4. The molecular weight excluding hydrogens is 260 g/mol. The number of aliphatic carboxylic acids is 1. The summed E-state index contributed by atoms with van der Waals surface area (Å²) in [5.74, 6) is -1.04. The summed E-state index contributed by atoms with van der Waals surface area (Å²) in [6, 6.07) is -0.745. The van der Waals surface area contributed by atoms with Gasteiger partial charge in [-0.3, -0.25) is 9.59 Å². The molecule has 20 heavy (non-hydrogen) atoms. The highest BCUT2D eigenvalue weighted by Gasteiger charge is 2.34. The third kappa shape index (κ3) is 4.83. The van der Waals surface area contributed by atoms with Gasteiger partial charge in [-0.1, -0.05) is 13.8 Å². The maximum Gasteiger partial charge on any atom is 0.326 e. The minimum Gasteiger partial charge on any atom is -0.480 e. The van der Waals surface area contributed by atoms with Crippen LogP contribution in [0.15, 0.2) is 0 Å². The van der Waals surface area contributed by atoms with E-state index in [4.69, 9.17) is 0 Å². The molecule has 0 aromatic rings. The number of hydrogen-bond acceptors (Lipinski definition) is 3. The number of piperidine rings is 1. The summed E-state index contributed by atoms with van der Waals surface area (Å²) in [6.45, 7) is 5.02. The zero-order chi connectivity index (χ0) is 15.1. The average molecular weight is 284 g/mol. The number of carbonyl (C=O) groups is 3. The second-order valence-corrected chi connectivity index (χ2v) is 5.42. The van der Waals surface area contributed by atoms with Gasteiger partial charge in [0.15, 0.2) is 0 Å². The van der Waals surface area contributed by atoms with E-state index in [1.54, 1.807) is 0 Å². The summed E-state index contributed by atoms with van der Waals surface area (Å²) in [5, 5.41) is 11.9. The van der Waals surface area contributed by atoms with Crippen LogP contribution in [0.4, 0.5) is 0 Å². The van der Waals surface area contributed by atoms with Crippen molar-refractivity contribution in [3.05, 3.63) is 0 Å². The predicted octanol–water partition coefficient (Wildman–Crippen LogP) is 1.00. The van der Waals surface area contributed by atoms with Crippen molar-refractivity contribution in [3.8, 4) is 0 Å². The molecule has 0 saturated carbocycles. The van der Waals surface area contributed by atoms with Crippen LogP contribution in [0, 0.1) is 5.92 Å². The first-order valence-corrected chi connectivity index (χ1v) is 7.24. The molecule has 2 unspecified atom stereocenters. The first-order chi connectivity index (χ1) is 9.45. The standard InChI is InChI=1S/C14H24N2O4/c1-3-7-15-12(17)4-5-13(18)16-8-6-10(2)9-11(16)14(19)20/h10-11H,3-9H2,1-2H3,(H,15,17)(H,19,20). The van der Waals surface area contributed by atoms with Crippen LogP contribution in [-0.2, 0) is 14.4 Å². The van der Waals surface area contributed by atoms with E-state index in [0.29, 0.717) is 25.4 Å². The minimum atomic E-state index is -0.958. The van der Waals surface area contributed by atoms with Gasteiger partial charge in [-0.05, 0) is 25.2 Å². The van der Waals surface area contributed by atoms with Crippen LogP contribution in [0.5, 0.6) is 0 Å². The van der Waals surface area contributed by atoms with Crippen LogP contribution < -0.4 is 5.32 Å². The lowest BCUT2D eigenvalue weighted by Gasteiger charge is -2.36. The Kier molecular flexibility index (Phi) is 6.48. The van der Waals surface area contributed by atoms with E-state index in [0.717, 1.165) is 12.8 Å². The highest BCUT2D eigenvalue weighted by molar-refractivity contribution is 5.87. The lowest BCUT2D eigenvalue weighted by Crippen LogP contribution is -2.49. The number of amides is 2. The van der Waals surface area contributed by atoms with Gasteiger partial charge in [0.25, 0.3) is 0 Å². The molecule has 0 bridgehead atoms. The van der Waals surface area contributed by atoms with Crippen molar-refractivity contribution < 1.29 is 19.5 Å². The molecule has 0 aromatic carbocycles. The van der Waals surface area contributed by atoms with Crippen LogP contribution in [-0.4, -0.2) is 46.9 Å². The third-order valence-electron chi connectivity index (χ3n) is 3.61. The maximum atomic E-state index is 12.1. The molecule has 0 radical (unpaired) electrons. The molecule has 1 rings (SSSR count). The van der Waals surface area contributed by atoms with Gasteiger partial charge in [-0.15, -0.1) is 0 Å². The van der Waals surface area contributed by atoms with Crippen molar-refractivity contribution in [2.45, 2.75) is 52.0 Å². The fraction of sp³-hybridized carbons (Fsp3) is 0.786. The number of nitrogens with one attached hydrogen (secondary N) is 1. The van der Waals surface area contributed by atoms with Crippen LogP contribution in [0.2, 0.25) is 0 Å². The summed E-state index contributed by atoms with van der Waals surface area (Å²) in [4.78, 5) is 36.2. The van der Waals surface area contributed by atoms with Crippen LogP contribution in [0.3, 0.4) is 0 Å². The monoisotopic (exact) mass is 284 g/mol. The van der Waals surface area contributed by atoms with Crippen molar-refractivity contribution in [3.63, 3.8) is 0 Å². The van der Waals surface area contributed by atoms with Gasteiger partial charge >= 0.3 is 5.97 Å². The Morgan fingerprint density at radius 1 is 1.30 bits per heavy atom. The largest absolute Gasteiger partial charge is 0.480 e. The fourth-order valence-corrected chi connectivity index (χ4v) is 2.39. The molecule has 6 heteroatoms. The molecule has 1 fully saturated rings. The molecular formula is C14H24N2O4. The van der Waals surface area contributed by atoms with E-state index in [1.807, 2.05) is 13.8 Å². The summed E-state index contributed by atoms with van der Waals surface area (Å²) in [7, 11) is 0. The molecule has 1 heterocycles. The molecule has 1 saturated heterocycles. The van der Waals surface area contributed by atoms with Crippen LogP contribution in [0.1, 0.15) is 46.0 Å². The molecule has 1 aliphatic heterocycles.